The van der Waals surface area contributed by atoms with Crippen LogP contribution in [0.1, 0.15) is 5.56 Å². The van der Waals surface area contributed by atoms with E-state index in [1.807, 2.05) is 0 Å². The van der Waals surface area contributed by atoms with E-state index >= 15 is 0 Å². The van der Waals surface area contributed by atoms with Crippen LogP contribution in [0, 0.1) is 11.3 Å². The van der Waals surface area contributed by atoms with Crippen LogP contribution >= 0.6 is 0 Å². The highest BCUT2D eigenvalue weighted by molar-refractivity contribution is 6.08. The third-order valence-electron chi connectivity index (χ3n) is 2.22. The summed E-state index contributed by atoms with van der Waals surface area (Å²) in [6.45, 7) is 0. The number of aromatic hydroxyl groups is 1. The average Bonchev–Trinajstić information content (AvgIpc) is 2.90. The van der Waals surface area contributed by atoms with E-state index in [0.717, 1.165) is 0 Å². The number of nitriles is 1. The first-order valence-electron chi connectivity index (χ1n) is 5.26. The lowest BCUT2D eigenvalue weighted by atomic mass is 10.1. The zero-order chi connectivity index (χ0) is 13.7. The molecule has 7 heteroatoms. The molecule has 1 aromatic heterocycles. The van der Waals surface area contributed by atoms with Gasteiger partial charge in [0.15, 0.2) is 0 Å². The molecular weight excluding hydrogens is 246 g/mol. The van der Waals surface area contributed by atoms with Gasteiger partial charge in [-0.15, -0.1) is 0 Å². The van der Waals surface area contributed by atoms with Crippen LogP contribution in [-0.2, 0) is 4.79 Å². The molecule has 19 heavy (non-hydrogen) atoms. The molecule has 0 spiro atoms. The minimum absolute atomic E-state index is 0.0814. The van der Waals surface area contributed by atoms with Crippen molar-refractivity contribution < 1.29 is 9.90 Å². The van der Waals surface area contributed by atoms with Crippen LogP contribution in [0.25, 0.3) is 6.08 Å². The van der Waals surface area contributed by atoms with Gasteiger partial charge in [-0.25, -0.2) is 5.10 Å². The largest absolute Gasteiger partial charge is 0.508 e. The lowest BCUT2D eigenvalue weighted by molar-refractivity contribution is -0.112. The number of amides is 1. The molecule has 7 nitrogen and oxygen atoms in total. The molecule has 0 fully saturated rings. The Kier molecular flexibility index (Phi) is 3.54. The summed E-state index contributed by atoms with van der Waals surface area (Å²) in [5.74, 6) is -0.314. The van der Waals surface area contributed by atoms with Gasteiger partial charge in [0.25, 0.3) is 5.91 Å². The van der Waals surface area contributed by atoms with E-state index in [0.29, 0.717) is 5.56 Å². The molecule has 2 aromatic rings. The Morgan fingerprint density at radius 1 is 1.42 bits per heavy atom. The Hall–Kier alpha value is -3.14. The van der Waals surface area contributed by atoms with Crippen molar-refractivity contribution in [3.05, 3.63) is 41.7 Å². The van der Waals surface area contributed by atoms with Gasteiger partial charge in [0, 0.05) is 0 Å². The molecule has 0 saturated carbocycles. The number of H-pyrrole nitrogens is 1. The number of carbonyl (C=O) groups excluding carboxylic acids is 1. The highest BCUT2D eigenvalue weighted by Gasteiger charge is 2.10. The van der Waals surface area contributed by atoms with Crippen molar-refractivity contribution in [2.75, 3.05) is 5.32 Å². The topological polar surface area (TPSA) is 115 Å². The van der Waals surface area contributed by atoms with Gasteiger partial charge in [-0.05, 0) is 23.8 Å². The first kappa shape index (κ1) is 12.3. The molecule has 0 radical (unpaired) electrons. The van der Waals surface area contributed by atoms with E-state index in [1.165, 1.54) is 24.5 Å². The standard InChI is InChI=1S/C12H9N5O2/c13-6-9(5-8-1-3-10(18)4-2-8)11(19)16-12-14-7-15-17-12/h1-5,7,18H,(H2,14,15,16,17,19)/b9-5+. The fourth-order valence-corrected chi connectivity index (χ4v) is 1.33. The van der Waals surface area contributed by atoms with Gasteiger partial charge in [0.1, 0.15) is 23.7 Å². The smallest absolute Gasteiger partial charge is 0.268 e. The fourth-order valence-electron chi connectivity index (χ4n) is 1.33. The van der Waals surface area contributed by atoms with E-state index < -0.39 is 5.91 Å². The van der Waals surface area contributed by atoms with Crippen LogP contribution in [0.5, 0.6) is 5.75 Å². The molecular formula is C12H9N5O2. The molecule has 94 valence electrons. The number of phenols is 1. The minimum Gasteiger partial charge on any atom is -0.508 e. The van der Waals surface area contributed by atoms with Crippen molar-refractivity contribution in [3.63, 3.8) is 0 Å². The van der Waals surface area contributed by atoms with Crippen molar-refractivity contribution >= 4 is 17.9 Å². The molecule has 0 bridgehead atoms. The molecule has 0 saturated heterocycles. The molecule has 1 amide bonds. The predicted molar refractivity (Wildman–Crippen MR) is 66.7 cm³/mol. The molecule has 0 unspecified atom stereocenters. The van der Waals surface area contributed by atoms with Crippen LogP contribution in [0.2, 0.25) is 0 Å². The third-order valence-corrected chi connectivity index (χ3v) is 2.22. The molecule has 0 atom stereocenters. The normalized spacial score (nSPS) is 10.8. The molecule has 1 heterocycles. The summed E-state index contributed by atoms with van der Waals surface area (Å²) >= 11 is 0. The summed E-state index contributed by atoms with van der Waals surface area (Å²) in [6.07, 6.45) is 2.65. The van der Waals surface area contributed by atoms with Crippen molar-refractivity contribution in [1.29, 1.82) is 5.26 Å². The first-order chi connectivity index (χ1) is 9.19. The SMILES string of the molecule is N#C/C(=C\c1ccc(O)cc1)C(=O)Nc1ncn[nH]1. The number of benzene rings is 1. The molecule has 1 aromatic carbocycles. The number of hydrogen-bond acceptors (Lipinski definition) is 5. The van der Waals surface area contributed by atoms with E-state index in [2.05, 4.69) is 20.5 Å². The number of carbonyl (C=O) groups is 1. The number of aromatic nitrogens is 3. The van der Waals surface area contributed by atoms with Gasteiger partial charge >= 0.3 is 0 Å². The van der Waals surface area contributed by atoms with Gasteiger partial charge in [-0.2, -0.15) is 15.3 Å². The highest BCUT2D eigenvalue weighted by atomic mass is 16.3. The van der Waals surface area contributed by atoms with Gasteiger partial charge in [-0.3, -0.25) is 10.1 Å². The number of aromatic amines is 1. The molecule has 0 aliphatic rings. The Morgan fingerprint density at radius 2 is 2.16 bits per heavy atom. The second kappa shape index (κ2) is 5.46. The van der Waals surface area contributed by atoms with Crippen LogP contribution in [0.4, 0.5) is 5.95 Å². The van der Waals surface area contributed by atoms with Crippen molar-refractivity contribution in [2.24, 2.45) is 0 Å². The molecule has 3 N–H and O–H groups in total. The number of nitrogens with one attached hydrogen (secondary N) is 2. The third kappa shape index (κ3) is 3.17. The number of rotatable bonds is 3. The quantitative estimate of drug-likeness (QED) is 0.560. The summed E-state index contributed by atoms with van der Waals surface area (Å²) in [6, 6.07) is 7.92. The lowest BCUT2D eigenvalue weighted by Gasteiger charge is -2.00. The van der Waals surface area contributed by atoms with E-state index in [1.54, 1.807) is 18.2 Å². The molecule has 2 rings (SSSR count). The maximum Gasteiger partial charge on any atom is 0.268 e. The lowest BCUT2D eigenvalue weighted by Crippen LogP contribution is -2.14. The Balaban J connectivity index is 2.17. The maximum absolute atomic E-state index is 11.8. The zero-order valence-electron chi connectivity index (χ0n) is 9.66. The van der Waals surface area contributed by atoms with E-state index in [4.69, 9.17) is 10.4 Å². The second-order valence-corrected chi connectivity index (χ2v) is 3.55. The summed E-state index contributed by atoms with van der Waals surface area (Å²) in [4.78, 5) is 15.5. The highest BCUT2D eigenvalue weighted by Crippen LogP contribution is 2.13. The summed E-state index contributed by atoms with van der Waals surface area (Å²) in [7, 11) is 0. The van der Waals surface area contributed by atoms with E-state index in [-0.39, 0.29) is 17.3 Å². The monoisotopic (exact) mass is 255 g/mol. The molecule has 0 aliphatic heterocycles. The first-order valence-corrected chi connectivity index (χ1v) is 5.26. The maximum atomic E-state index is 11.8. The number of nitrogens with zero attached hydrogens (tertiary/aromatic N) is 3. The Bertz CT molecular complexity index is 638. The van der Waals surface area contributed by atoms with Crippen molar-refractivity contribution in [3.8, 4) is 11.8 Å². The van der Waals surface area contributed by atoms with Gasteiger partial charge in [-0.1, -0.05) is 12.1 Å². The zero-order valence-corrected chi connectivity index (χ0v) is 9.66. The number of phenolic OH excluding ortho intramolecular Hbond substituents is 1. The number of hydrogen-bond donors (Lipinski definition) is 3. The number of anilines is 1. The minimum atomic E-state index is -0.590. The second-order valence-electron chi connectivity index (χ2n) is 3.55. The average molecular weight is 255 g/mol. The van der Waals surface area contributed by atoms with Gasteiger partial charge in [0.2, 0.25) is 5.95 Å². The Labute approximate surface area is 108 Å². The summed E-state index contributed by atoms with van der Waals surface area (Å²) < 4.78 is 0. The van der Waals surface area contributed by atoms with Crippen LogP contribution in [0.3, 0.4) is 0 Å². The summed E-state index contributed by atoms with van der Waals surface area (Å²) in [5.41, 5.74) is 0.546. The van der Waals surface area contributed by atoms with Crippen LogP contribution < -0.4 is 5.32 Å². The van der Waals surface area contributed by atoms with Crippen molar-refractivity contribution in [2.45, 2.75) is 0 Å². The van der Waals surface area contributed by atoms with Gasteiger partial charge < -0.3 is 5.11 Å². The predicted octanol–water partition coefficient (Wildman–Crippen LogP) is 1.06. The van der Waals surface area contributed by atoms with E-state index in [9.17, 15) is 4.79 Å². The van der Waals surface area contributed by atoms with Crippen LogP contribution in [0.15, 0.2) is 36.2 Å². The fraction of sp³-hybridized carbons (Fsp3) is 0. The van der Waals surface area contributed by atoms with Crippen molar-refractivity contribution in [1.82, 2.24) is 15.2 Å². The van der Waals surface area contributed by atoms with Gasteiger partial charge in [0.05, 0.1) is 0 Å². The molecule has 0 aliphatic carbocycles. The Morgan fingerprint density at radius 3 is 2.74 bits per heavy atom. The van der Waals surface area contributed by atoms with Crippen LogP contribution in [-0.4, -0.2) is 26.2 Å². The summed E-state index contributed by atoms with van der Waals surface area (Å²) in [5, 5.41) is 26.5.